The van der Waals surface area contributed by atoms with Gasteiger partial charge in [-0.15, -0.1) is 5.10 Å². The van der Waals surface area contributed by atoms with Crippen molar-refractivity contribution in [2.75, 3.05) is 12.8 Å². The number of para-hydroxylation sites is 1. The van der Waals surface area contributed by atoms with E-state index in [1.54, 1.807) is 7.11 Å². The molecule has 4 nitrogen and oxygen atoms in total. The number of aromatic nitrogens is 2. The lowest BCUT2D eigenvalue weighted by Gasteiger charge is -2.06. The summed E-state index contributed by atoms with van der Waals surface area (Å²) in [6, 6.07) is 17.8. The molecule has 0 saturated carbocycles. The smallest absolute Gasteiger partial charge is 0.154 e. The fourth-order valence-corrected chi connectivity index (χ4v) is 2.46. The summed E-state index contributed by atoms with van der Waals surface area (Å²) in [4.78, 5) is 0. The molecular weight excluding hydrogens is 262 g/mol. The Labute approximate surface area is 123 Å². The Balaban J connectivity index is 2.09. The zero-order chi connectivity index (χ0) is 14.8. The minimum absolute atomic E-state index is 0.529. The fourth-order valence-electron chi connectivity index (χ4n) is 2.46. The van der Waals surface area contributed by atoms with Gasteiger partial charge < -0.3 is 10.5 Å². The summed E-state index contributed by atoms with van der Waals surface area (Å²) in [7, 11) is 1.65. The van der Waals surface area contributed by atoms with Crippen LogP contribution in [-0.4, -0.2) is 16.9 Å². The average molecular weight is 279 g/mol. The van der Waals surface area contributed by atoms with Gasteiger partial charge in [0.1, 0.15) is 5.75 Å². The molecule has 0 radical (unpaired) electrons. The molecule has 0 amide bonds. The first-order valence-corrected chi connectivity index (χ1v) is 6.75. The van der Waals surface area contributed by atoms with E-state index < -0.39 is 0 Å². The first-order valence-electron chi connectivity index (χ1n) is 6.75. The zero-order valence-electron chi connectivity index (χ0n) is 12.1. The number of hydrogen-bond donors (Lipinski definition) is 1. The molecular formula is C17H17N3O. The minimum atomic E-state index is 0.529. The molecule has 1 heterocycles. The van der Waals surface area contributed by atoms with Gasteiger partial charge >= 0.3 is 0 Å². The van der Waals surface area contributed by atoms with Crippen LogP contribution in [0, 0.1) is 6.92 Å². The third kappa shape index (κ3) is 2.36. The first-order chi connectivity index (χ1) is 10.2. The maximum atomic E-state index is 6.12. The van der Waals surface area contributed by atoms with Crippen molar-refractivity contribution in [3.8, 4) is 22.6 Å². The largest absolute Gasteiger partial charge is 0.497 e. The molecule has 0 fully saturated rings. The summed E-state index contributed by atoms with van der Waals surface area (Å²) in [5, 5.41) is 4.46. The monoisotopic (exact) mass is 279 g/mol. The molecule has 0 atom stereocenters. The van der Waals surface area contributed by atoms with Crippen LogP contribution in [0.15, 0.2) is 54.6 Å². The average Bonchev–Trinajstić information content (AvgIpc) is 2.83. The molecule has 0 aliphatic rings. The number of benzene rings is 2. The minimum Gasteiger partial charge on any atom is -0.497 e. The Bertz CT molecular complexity index is 746. The number of nitrogens with zero attached hydrogens (tertiary/aromatic N) is 2. The lowest BCUT2D eigenvalue weighted by atomic mass is 10.1. The summed E-state index contributed by atoms with van der Waals surface area (Å²) in [5.74, 6) is 1.35. The van der Waals surface area contributed by atoms with E-state index in [-0.39, 0.29) is 0 Å². The van der Waals surface area contributed by atoms with Crippen molar-refractivity contribution in [2.24, 2.45) is 0 Å². The van der Waals surface area contributed by atoms with Crippen molar-refractivity contribution in [1.29, 1.82) is 0 Å². The van der Waals surface area contributed by atoms with Gasteiger partial charge in [-0.3, -0.25) is 0 Å². The third-order valence-corrected chi connectivity index (χ3v) is 3.52. The molecule has 2 N–H and O–H groups in total. The van der Waals surface area contributed by atoms with Crippen LogP contribution in [0.1, 0.15) is 5.69 Å². The summed E-state index contributed by atoms with van der Waals surface area (Å²) in [6.45, 7) is 2.02. The van der Waals surface area contributed by atoms with E-state index >= 15 is 0 Å². The van der Waals surface area contributed by atoms with Crippen LogP contribution in [0.5, 0.6) is 5.75 Å². The topological polar surface area (TPSA) is 53.1 Å². The van der Waals surface area contributed by atoms with Crippen LogP contribution >= 0.6 is 0 Å². The van der Waals surface area contributed by atoms with E-state index in [0.29, 0.717) is 5.82 Å². The number of anilines is 1. The number of nitrogens with two attached hydrogens (primary N) is 1. The van der Waals surface area contributed by atoms with Gasteiger partial charge in [0, 0.05) is 5.56 Å². The van der Waals surface area contributed by atoms with E-state index in [0.717, 1.165) is 28.3 Å². The predicted octanol–water partition coefficient (Wildman–Crippen LogP) is 3.44. The van der Waals surface area contributed by atoms with Gasteiger partial charge in [-0.1, -0.05) is 30.3 Å². The highest BCUT2D eigenvalue weighted by Gasteiger charge is 2.15. The van der Waals surface area contributed by atoms with Gasteiger partial charge in [-0.05, 0) is 36.8 Å². The van der Waals surface area contributed by atoms with Crippen LogP contribution in [0.25, 0.3) is 16.8 Å². The molecule has 2 aromatic carbocycles. The SMILES string of the molecule is COc1ccc(-c2c(N)nn(-c3ccccc3)c2C)cc1. The molecule has 0 bridgehead atoms. The van der Waals surface area contributed by atoms with E-state index in [1.165, 1.54) is 0 Å². The summed E-state index contributed by atoms with van der Waals surface area (Å²) >= 11 is 0. The van der Waals surface area contributed by atoms with Crippen molar-refractivity contribution < 1.29 is 4.74 Å². The Kier molecular flexibility index (Phi) is 3.36. The van der Waals surface area contributed by atoms with Gasteiger partial charge in [0.2, 0.25) is 0 Å². The Morgan fingerprint density at radius 1 is 1.00 bits per heavy atom. The molecule has 0 aliphatic carbocycles. The number of hydrogen-bond acceptors (Lipinski definition) is 3. The van der Waals surface area contributed by atoms with Crippen LogP contribution in [0.4, 0.5) is 5.82 Å². The molecule has 106 valence electrons. The van der Waals surface area contributed by atoms with Gasteiger partial charge in [-0.2, -0.15) is 0 Å². The summed E-state index contributed by atoms with van der Waals surface area (Å²) < 4.78 is 7.06. The van der Waals surface area contributed by atoms with Gasteiger partial charge in [-0.25, -0.2) is 4.68 Å². The van der Waals surface area contributed by atoms with E-state index in [1.807, 2.05) is 66.2 Å². The quantitative estimate of drug-likeness (QED) is 0.799. The Morgan fingerprint density at radius 3 is 2.29 bits per heavy atom. The summed E-state index contributed by atoms with van der Waals surface area (Å²) in [5.41, 5.74) is 10.1. The van der Waals surface area contributed by atoms with E-state index in [4.69, 9.17) is 10.5 Å². The third-order valence-electron chi connectivity index (χ3n) is 3.52. The number of ether oxygens (including phenoxy) is 1. The van der Waals surface area contributed by atoms with E-state index in [2.05, 4.69) is 5.10 Å². The van der Waals surface area contributed by atoms with Gasteiger partial charge in [0.25, 0.3) is 0 Å². The molecule has 0 saturated heterocycles. The molecule has 4 heteroatoms. The van der Waals surface area contributed by atoms with Crippen LogP contribution in [-0.2, 0) is 0 Å². The standard InChI is InChI=1S/C17H17N3O/c1-12-16(13-8-10-15(21-2)11-9-13)17(18)19-20(12)14-6-4-3-5-7-14/h3-11H,1-2H3,(H2,18,19). The highest BCUT2D eigenvalue weighted by atomic mass is 16.5. The lowest BCUT2D eigenvalue weighted by Crippen LogP contribution is -1.98. The number of methoxy groups -OCH3 is 1. The van der Waals surface area contributed by atoms with Gasteiger partial charge in [0.05, 0.1) is 18.5 Å². The van der Waals surface area contributed by atoms with Crippen LogP contribution in [0.2, 0.25) is 0 Å². The second-order valence-electron chi connectivity index (χ2n) is 4.82. The van der Waals surface area contributed by atoms with Crippen LogP contribution < -0.4 is 10.5 Å². The highest BCUT2D eigenvalue weighted by molar-refractivity contribution is 5.77. The van der Waals surface area contributed by atoms with Gasteiger partial charge in [0.15, 0.2) is 5.82 Å². The molecule has 0 unspecified atom stereocenters. The number of nitrogen functional groups attached to an aromatic ring is 1. The van der Waals surface area contributed by atoms with Crippen molar-refractivity contribution in [2.45, 2.75) is 6.92 Å². The fraction of sp³-hybridized carbons (Fsp3) is 0.118. The molecule has 21 heavy (non-hydrogen) atoms. The lowest BCUT2D eigenvalue weighted by molar-refractivity contribution is 0.415. The zero-order valence-corrected chi connectivity index (χ0v) is 12.1. The van der Waals surface area contributed by atoms with Crippen molar-refractivity contribution in [1.82, 2.24) is 9.78 Å². The molecule has 0 aliphatic heterocycles. The maximum absolute atomic E-state index is 6.12. The molecule has 0 spiro atoms. The second-order valence-corrected chi connectivity index (χ2v) is 4.82. The van der Waals surface area contributed by atoms with Crippen LogP contribution in [0.3, 0.4) is 0 Å². The van der Waals surface area contributed by atoms with E-state index in [9.17, 15) is 0 Å². The molecule has 3 aromatic rings. The maximum Gasteiger partial charge on any atom is 0.154 e. The van der Waals surface area contributed by atoms with Crippen molar-refractivity contribution in [3.63, 3.8) is 0 Å². The summed E-state index contributed by atoms with van der Waals surface area (Å²) in [6.07, 6.45) is 0. The highest BCUT2D eigenvalue weighted by Crippen LogP contribution is 2.31. The first kappa shape index (κ1) is 13.2. The van der Waals surface area contributed by atoms with Crippen molar-refractivity contribution in [3.05, 3.63) is 60.3 Å². The molecule has 3 rings (SSSR count). The predicted molar refractivity (Wildman–Crippen MR) is 84.7 cm³/mol. The second kappa shape index (κ2) is 5.32. The normalized spacial score (nSPS) is 10.6. The Morgan fingerprint density at radius 2 is 1.67 bits per heavy atom. The Hall–Kier alpha value is -2.75. The number of rotatable bonds is 3. The molecule has 1 aromatic heterocycles. The van der Waals surface area contributed by atoms with Crippen molar-refractivity contribution >= 4 is 5.82 Å².